The first-order valence-electron chi connectivity index (χ1n) is 4.80. The molecule has 1 aromatic rings. The second-order valence-corrected chi connectivity index (χ2v) is 3.60. The Bertz CT molecular complexity index is 446. The van der Waals surface area contributed by atoms with Crippen molar-refractivity contribution >= 4 is 0 Å². The Hall–Kier alpha value is -2.10. The fourth-order valence-electron chi connectivity index (χ4n) is 1.26. The summed E-state index contributed by atoms with van der Waals surface area (Å²) in [5, 5.41) is 9.41. The molecule has 0 atom stereocenters. The van der Waals surface area contributed by atoms with Gasteiger partial charge in [0, 0.05) is 0 Å². The average molecular weight is 220 g/mol. The molecule has 0 amide bonds. The quantitative estimate of drug-likeness (QED) is 0.536. The highest BCUT2D eigenvalue weighted by molar-refractivity contribution is 5.38. The zero-order valence-corrected chi connectivity index (χ0v) is 9.45. The summed E-state index contributed by atoms with van der Waals surface area (Å²) in [7, 11) is 0. The van der Waals surface area contributed by atoms with Gasteiger partial charge in [0.15, 0.2) is 11.5 Å². The second-order valence-electron chi connectivity index (χ2n) is 3.60. The van der Waals surface area contributed by atoms with Crippen molar-refractivity contribution in [2.75, 3.05) is 0 Å². The lowest BCUT2D eigenvalue weighted by atomic mass is 10.1. The van der Waals surface area contributed by atoms with Gasteiger partial charge in [-0.25, -0.2) is 0 Å². The minimum absolute atomic E-state index is 0.0342. The summed E-state index contributed by atoms with van der Waals surface area (Å²) in [4.78, 5) is 0. The van der Waals surface area contributed by atoms with Gasteiger partial charge in [-0.15, -0.1) is 0 Å². The van der Waals surface area contributed by atoms with E-state index in [0.29, 0.717) is 5.75 Å². The van der Waals surface area contributed by atoms with Crippen LogP contribution in [0.4, 0.5) is 0 Å². The van der Waals surface area contributed by atoms with Gasteiger partial charge in [-0.05, 0) is 25.5 Å². The topological polar surface area (TPSA) is 81.5 Å². The maximum atomic E-state index is 9.41. The number of aryl methyl sites for hydroxylation is 2. The van der Waals surface area contributed by atoms with Gasteiger partial charge in [-0.3, -0.25) is 0 Å². The van der Waals surface area contributed by atoms with Crippen LogP contribution in [0.25, 0.3) is 0 Å². The monoisotopic (exact) mass is 220 g/mol. The third-order valence-corrected chi connectivity index (χ3v) is 2.10. The van der Waals surface area contributed by atoms with E-state index in [2.05, 4.69) is 6.58 Å². The standard InChI is InChI=1S/C12H16N2O2/c1-7-4-5-10(8(2)6-7)16-9(3)11(15)12(13)14/h4-6,15H,3,13-14H2,1-2H3. The van der Waals surface area contributed by atoms with E-state index in [4.69, 9.17) is 16.2 Å². The largest absolute Gasteiger partial charge is 0.502 e. The summed E-state index contributed by atoms with van der Waals surface area (Å²) in [6.07, 6.45) is 0. The third-order valence-electron chi connectivity index (χ3n) is 2.10. The molecule has 0 aromatic heterocycles. The molecular formula is C12H16N2O2. The molecule has 0 bridgehead atoms. The molecule has 5 N–H and O–H groups in total. The predicted octanol–water partition coefficient (Wildman–Crippen LogP) is 1.84. The van der Waals surface area contributed by atoms with Crippen molar-refractivity contribution in [3.63, 3.8) is 0 Å². The first kappa shape index (κ1) is 12.0. The molecule has 0 heterocycles. The number of aliphatic hydroxyl groups excluding tert-OH is 1. The fraction of sp³-hybridized carbons (Fsp3) is 0.167. The molecule has 0 aliphatic rings. The maximum Gasteiger partial charge on any atom is 0.198 e. The summed E-state index contributed by atoms with van der Waals surface area (Å²) in [6, 6.07) is 5.67. The van der Waals surface area contributed by atoms with Crippen LogP contribution < -0.4 is 16.2 Å². The van der Waals surface area contributed by atoms with E-state index >= 15 is 0 Å². The average Bonchev–Trinajstić information content (AvgIpc) is 2.20. The Morgan fingerprint density at radius 3 is 2.44 bits per heavy atom. The molecule has 0 fully saturated rings. The first-order chi connectivity index (χ1) is 7.41. The summed E-state index contributed by atoms with van der Waals surface area (Å²) in [6.45, 7) is 7.44. The second kappa shape index (κ2) is 4.61. The van der Waals surface area contributed by atoms with Gasteiger partial charge in [0.1, 0.15) is 11.6 Å². The Kier molecular flexibility index (Phi) is 3.45. The molecule has 0 radical (unpaired) electrons. The maximum absolute atomic E-state index is 9.41. The molecular weight excluding hydrogens is 204 g/mol. The van der Waals surface area contributed by atoms with Crippen molar-refractivity contribution in [1.82, 2.24) is 0 Å². The van der Waals surface area contributed by atoms with Gasteiger partial charge in [0.05, 0.1) is 0 Å². The van der Waals surface area contributed by atoms with Crippen molar-refractivity contribution in [1.29, 1.82) is 0 Å². The number of rotatable bonds is 3. The lowest BCUT2D eigenvalue weighted by molar-refractivity contribution is 0.332. The van der Waals surface area contributed by atoms with E-state index in [9.17, 15) is 5.11 Å². The van der Waals surface area contributed by atoms with Crippen molar-refractivity contribution < 1.29 is 9.84 Å². The Morgan fingerprint density at radius 2 is 1.94 bits per heavy atom. The Balaban J connectivity index is 2.90. The van der Waals surface area contributed by atoms with Crippen LogP contribution in [0.15, 0.2) is 42.1 Å². The SMILES string of the molecule is C=C(Oc1ccc(C)cc1C)C(O)=C(N)N. The van der Waals surface area contributed by atoms with Gasteiger partial charge < -0.3 is 21.3 Å². The first-order valence-corrected chi connectivity index (χ1v) is 4.80. The van der Waals surface area contributed by atoms with Crippen LogP contribution in [0.5, 0.6) is 5.75 Å². The number of hydrogen-bond donors (Lipinski definition) is 3. The molecule has 4 nitrogen and oxygen atoms in total. The minimum atomic E-state index is -0.333. The highest BCUT2D eigenvalue weighted by Gasteiger charge is 2.08. The van der Waals surface area contributed by atoms with Crippen molar-refractivity contribution in [3.8, 4) is 5.75 Å². The van der Waals surface area contributed by atoms with E-state index in [0.717, 1.165) is 11.1 Å². The normalized spacial score (nSPS) is 9.62. The summed E-state index contributed by atoms with van der Waals surface area (Å²) >= 11 is 0. The summed E-state index contributed by atoms with van der Waals surface area (Å²) in [5.41, 5.74) is 12.5. The smallest absolute Gasteiger partial charge is 0.198 e. The lowest BCUT2D eigenvalue weighted by Gasteiger charge is -2.11. The highest BCUT2D eigenvalue weighted by Crippen LogP contribution is 2.22. The Labute approximate surface area is 94.8 Å². The predicted molar refractivity (Wildman–Crippen MR) is 63.7 cm³/mol. The number of hydrogen-bond acceptors (Lipinski definition) is 4. The van der Waals surface area contributed by atoms with Gasteiger partial charge in [-0.2, -0.15) is 0 Å². The Morgan fingerprint density at radius 1 is 1.31 bits per heavy atom. The zero-order valence-electron chi connectivity index (χ0n) is 9.45. The molecule has 86 valence electrons. The number of aliphatic hydroxyl groups is 1. The lowest BCUT2D eigenvalue weighted by Crippen LogP contribution is -2.14. The molecule has 1 aromatic carbocycles. The van der Waals surface area contributed by atoms with Crippen LogP contribution in [0.2, 0.25) is 0 Å². The molecule has 4 heteroatoms. The van der Waals surface area contributed by atoms with Crippen LogP contribution in [0.1, 0.15) is 11.1 Å². The summed E-state index contributed by atoms with van der Waals surface area (Å²) < 4.78 is 5.36. The molecule has 0 saturated carbocycles. The molecule has 0 aliphatic heterocycles. The van der Waals surface area contributed by atoms with Crippen LogP contribution in [0, 0.1) is 13.8 Å². The van der Waals surface area contributed by atoms with E-state index in [1.54, 1.807) is 6.07 Å². The van der Waals surface area contributed by atoms with Crippen LogP contribution >= 0.6 is 0 Å². The fourth-order valence-corrected chi connectivity index (χ4v) is 1.26. The number of benzene rings is 1. The van der Waals surface area contributed by atoms with Gasteiger partial charge in [-0.1, -0.05) is 24.3 Å². The number of nitrogens with two attached hydrogens (primary N) is 2. The highest BCUT2D eigenvalue weighted by atomic mass is 16.5. The summed E-state index contributed by atoms with van der Waals surface area (Å²) in [5.74, 6) is 0.102. The van der Waals surface area contributed by atoms with Gasteiger partial charge in [0.2, 0.25) is 0 Å². The zero-order chi connectivity index (χ0) is 12.3. The van der Waals surface area contributed by atoms with Crippen molar-refractivity contribution in [2.24, 2.45) is 11.5 Å². The third kappa shape index (κ3) is 2.70. The molecule has 1 rings (SSSR count). The minimum Gasteiger partial charge on any atom is -0.502 e. The molecule has 0 aliphatic carbocycles. The van der Waals surface area contributed by atoms with E-state index in [1.165, 1.54) is 0 Å². The van der Waals surface area contributed by atoms with Gasteiger partial charge >= 0.3 is 0 Å². The van der Waals surface area contributed by atoms with Gasteiger partial charge in [0.25, 0.3) is 0 Å². The van der Waals surface area contributed by atoms with E-state index < -0.39 is 0 Å². The molecule has 0 spiro atoms. The van der Waals surface area contributed by atoms with Crippen LogP contribution in [-0.4, -0.2) is 5.11 Å². The van der Waals surface area contributed by atoms with Crippen molar-refractivity contribution in [3.05, 3.63) is 53.2 Å². The number of ether oxygens (including phenoxy) is 1. The van der Waals surface area contributed by atoms with Crippen LogP contribution in [-0.2, 0) is 0 Å². The van der Waals surface area contributed by atoms with E-state index in [1.807, 2.05) is 26.0 Å². The van der Waals surface area contributed by atoms with E-state index in [-0.39, 0.29) is 17.3 Å². The van der Waals surface area contributed by atoms with Crippen molar-refractivity contribution in [2.45, 2.75) is 13.8 Å². The molecule has 0 saturated heterocycles. The van der Waals surface area contributed by atoms with Crippen LogP contribution in [0.3, 0.4) is 0 Å². The molecule has 16 heavy (non-hydrogen) atoms. The molecule has 0 unspecified atom stereocenters.